The van der Waals surface area contributed by atoms with Crippen LogP contribution in [0.3, 0.4) is 0 Å². The van der Waals surface area contributed by atoms with E-state index in [2.05, 4.69) is 23.2 Å². The lowest BCUT2D eigenvalue weighted by Gasteiger charge is -2.39. The van der Waals surface area contributed by atoms with Crippen molar-refractivity contribution < 1.29 is 0 Å². The third-order valence-corrected chi connectivity index (χ3v) is 4.30. The van der Waals surface area contributed by atoms with E-state index in [1.807, 2.05) is 30.6 Å². The first kappa shape index (κ1) is 14.5. The SMILES string of the molecule is CCCCC1(Cc2ccccc2Cl)NC=CN1CCl. The molecule has 2 rings (SSSR count). The first-order chi connectivity index (χ1) is 9.22. The smallest absolute Gasteiger partial charge is 0.115 e. The summed E-state index contributed by atoms with van der Waals surface area (Å²) < 4.78 is 0. The van der Waals surface area contributed by atoms with E-state index in [1.165, 1.54) is 6.42 Å². The van der Waals surface area contributed by atoms with Crippen molar-refractivity contribution in [2.24, 2.45) is 0 Å². The van der Waals surface area contributed by atoms with E-state index >= 15 is 0 Å². The minimum Gasteiger partial charge on any atom is -0.367 e. The van der Waals surface area contributed by atoms with E-state index in [9.17, 15) is 0 Å². The lowest BCUT2D eigenvalue weighted by atomic mass is 9.93. The van der Waals surface area contributed by atoms with E-state index in [0.29, 0.717) is 6.00 Å². The van der Waals surface area contributed by atoms with Crippen molar-refractivity contribution in [3.8, 4) is 0 Å². The molecule has 0 spiro atoms. The third-order valence-electron chi connectivity index (χ3n) is 3.67. The molecule has 0 bridgehead atoms. The van der Waals surface area contributed by atoms with Gasteiger partial charge in [0.1, 0.15) is 5.66 Å². The fraction of sp³-hybridized carbons (Fsp3) is 0.467. The van der Waals surface area contributed by atoms with Crippen LogP contribution in [0.25, 0.3) is 0 Å². The summed E-state index contributed by atoms with van der Waals surface area (Å²) in [5, 5.41) is 4.30. The highest BCUT2D eigenvalue weighted by molar-refractivity contribution is 6.31. The number of rotatable bonds is 6. The fourth-order valence-corrected chi connectivity index (χ4v) is 3.06. The predicted molar refractivity (Wildman–Crippen MR) is 82.2 cm³/mol. The van der Waals surface area contributed by atoms with E-state index in [-0.39, 0.29) is 5.66 Å². The number of halogens is 2. The molecule has 1 atom stereocenters. The predicted octanol–water partition coefficient (Wildman–Crippen LogP) is 4.34. The molecule has 1 unspecified atom stereocenters. The molecule has 2 nitrogen and oxygen atoms in total. The van der Waals surface area contributed by atoms with Crippen LogP contribution in [0.4, 0.5) is 0 Å². The summed E-state index contributed by atoms with van der Waals surface area (Å²) in [6.45, 7) is 2.20. The summed E-state index contributed by atoms with van der Waals surface area (Å²) in [5.41, 5.74) is 1.02. The van der Waals surface area contributed by atoms with Gasteiger partial charge in [0, 0.05) is 23.8 Å². The molecule has 1 heterocycles. The molecule has 0 radical (unpaired) electrons. The molecule has 19 heavy (non-hydrogen) atoms. The van der Waals surface area contributed by atoms with Gasteiger partial charge in [-0.1, -0.05) is 43.1 Å². The molecule has 1 aromatic rings. The quantitative estimate of drug-likeness (QED) is 0.621. The lowest BCUT2D eigenvalue weighted by molar-refractivity contribution is 0.146. The lowest BCUT2D eigenvalue weighted by Crippen LogP contribution is -2.52. The molecule has 1 N–H and O–H groups in total. The minimum absolute atomic E-state index is 0.136. The summed E-state index contributed by atoms with van der Waals surface area (Å²) in [5.74, 6) is 0. The van der Waals surface area contributed by atoms with Gasteiger partial charge in [-0.3, -0.25) is 0 Å². The van der Waals surface area contributed by atoms with Gasteiger partial charge in [0.2, 0.25) is 0 Å². The summed E-state index contributed by atoms with van der Waals surface area (Å²) in [7, 11) is 0. The maximum absolute atomic E-state index is 6.29. The van der Waals surface area contributed by atoms with Gasteiger partial charge in [0.15, 0.2) is 0 Å². The Bertz CT molecular complexity index is 448. The number of unbranched alkanes of at least 4 members (excludes halogenated alkanes) is 1. The van der Waals surface area contributed by atoms with Gasteiger partial charge in [-0.15, -0.1) is 11.6 Å². The maximum atomic E-state index is 6.29. The van der Waals surface area contributed by atoms with Crippen molar-refractivity contribution in [2.45, 2.75) is 38.3 Å². The van der Waals surface area contributed by atoms with Gasteiger partial charge in [0.05, 0.1) is 6.00 Å². The largest absolute Gasteiger partial charge is 0.367 e. The standard InChI is InChI=1S/C15H20Cl2N2/c1-2-3-8-15(18-9-10-19(15)12-16)11-13-6-4-5-7-14(13)17/h4-7,9-10,18H,2-3,8,11-12H2,1H3. The van der Waals surface area contributed by atoms with Crippen LogP contribution in [0.2, 0.25) is 5.02 Å². The fourth-order valence-electron chi connectivity index (χ4n) is 2.54. The van der Waals surface area contributed by atoms with Crippen molar-refractivity contribution in [3.63, 3.8) is 0 Å². The van der Waals surface area contributed by atoms with E-state index in [1.54, 1.807) is 0 Å². The highest BCUT2D eigenvalue weighted by Crippen LogP contribution is 2.31. The van der Waals surface area contributed by atoms with Gasteiger partial charge in [-0.2, -0.15) is 0 Å². The van der Waals surface area contributed by atoms with Crippen molar-refractivity contribution in [1.29, 1.82) is 0 Å². The molecular weight excluding hydrogens is 279 g/mol. The van der Waals surface area contributed by atoms with E-state index < -0.39 is 0 Å². The van der Waals surface area contributed by atoms with Crippen LogP contribution in [0.1, 0.15) is 31.7 Å². The van der Waals surface area contributed by atoms with Crippen LogP contribution in [0.5, 0.6) is 0 Å². The van der Waals surface area contributed by atoms with Crippen molar-refractivity contribution in [3.05, 3.63) is 47.3 Å². The first-order valence-corrected chi connectivity index (χ1v) is 7.63. The molecule has 1 aliphatic heterocycles. The Labute approximate surface area is 125 Å². The second kappa shape index (κ2) is 6.53. The highest BCUT2D eigenvalue weighted by atomic mass is 35.5. The number of nitrogens with zero attached hydrogens (tertiary/aromatic N) is 1. The number of nitrogens with one attached hydrogen (secondary N) is 1. The van der Waals surface area contributed by atoms with Crippen LogP contribution in [0, 0.1) is 0 Å². The summed E-state index contributed by atoms with van der Waals surface area (Å²) >= 11 is 12.4. The van der Waals surface area contributed by atoms with E-state index in [0.717, 1.165) is 29.8 Å². The Morgan fingerprint density at radius 3 is 2.79 bits per heavy atom. The summed E-state index contributed by atoms with van der Waals surface area (Å²) in [4.78, 5) is 2.16. The topological polar surface area (TPSA) is 15.3 Å². The Morgan fingerprint density at radius 1 is 1.32 bits per heavy atom. The molecule has 1 aliphatic rings. The average Bonchev–Trinajstić information content (AvgIpc) is 2.82. The zero-order valence-corrected chi connectivity index (χ0v) is 12.7. The zero-order valence-electron chi connectivity index (χ0n) is 11.2. The molecule has 0 fully saturated rings. The molecule has 104 valence electrons. The van der Waals surface area contributed by atoms with Gasteiger partial charge in [0.25, 0.3) is 0 Å². The van der Waals surface area contributed by atoms with E-state index in [4.69, 9.17) is 23.2 Å². The number of hydrogen-bond donors (Lipinski definition) is 1. The second-order valence-electron chi connectivity index (χ2n) is 4.95. The molecule has 0 saturated heterocycles. The highest BCUT2D eigenvalue weighted by Gasteiger charge is 2.36. The van der Waals surface area contributed by atoms with Crippen molar-refractivity contribution in [1.82, 2.24) is 10.2 Å². The average molecular weight is 299 g/mol. The zero-order chi connectivity index (χ0) is 13.7. The molecule has 0 amide bonds. The monoisotopic (exact) mass is 298 g/mol. The second-order valence-corrected chi connectivity index (χ2v) is 5.60. The van der Waals surface area contributed by atoms with Crippen LogP contribution in [-0.2, 0) is 6.42 Å². The summed E-state index contributed by atoms with van der Waals surface area (Å²) in [6.07, 6.45) is 8.24. The van der Waals surface area contributed by atoms with Crippen molar-refractivity contribution in [2.75, 3.05) is 6.00 Å². The molecule has 4 heteroatoms. The molecule has 0 aromatic heterocycles. The van der Waals surface area contributed by atoms with Crippen LogP contribution >= 0.6 is 23.2 Å². The van der Waals surface area contributed by atoms with Crippen LogP contribution in [0.15, 0.2) is 36.7 Å². The number of alkyl halides is 1. The van der Waals surface area contributed by atoms with Gasteiger partial charge in [-0.25, -0.2) is 0 Å². The third kappa shape index (κ3) is 3.18. The van der Waals surface area contributed by atoms with Gasteiger partial charge >= 0.3 is 0 Å². The van der Waals surface area contributed by atoms with Crippen LogP contribution in [-0.4, -0.2) is 16.6 Å². The first-order valence-electron chi connectivity index (χ1n) is 6.72. The van der Waals surface area contributed by atoms with Crippen LogP contribution < -0.4 is 5.32 Å². The Kier molecular flexibility index (Phi) is 5.00. The maximum Gasteiger partial charge on any atom is 0.115 e. The Hall–Kier alpha value is -0.860. The normalized spacial score (nSPS) is 21.7. The molecular formula is C15H20Cl2N2. The Balaban J connectivity index is 2.21. The van der Waals surface area contributed by atoms with Gasteiger partial charge in [-0.05, 0) is 24.5 Å². The number of hydrogen-bond acceptors (Lipinski definition) is 2. The summed E-state index contributed by atoms with van der Waals surface area (Å²) in [6, 6.07) is 8.50. The molecule has 0 saturated carbocycles. The molecule has 0 aliphatic carbocycles. The minimum atomic E-state index is -0.136. The Morgan fingerprint density at radius 2 is 2.11 bits per heavy atom. The molecule has 1 aromatic carbocycles. The van der Waals surface area contributed by atoms with Crippen molar-refractivity contribution >= 4 is 23.2 Å². The van der Waals surface area contributed by atoms with Gasteiger partial charge < -0.3 is 10.2 Å². The number of benzene rings is 1.